The Hall–Kier alpha value is -2.11. The minimum Gasteiger partial charge on any atom is -0.493 e. The average molecular weight is 321 g/mol. The highest BCUT2D eigenvalue weighted by molar-refractivity contribution is 5.78. The minimum absolute atomic E-state index is 0.445. The third-order valence-corrected chi connectivity index (χ3v) is 4.18. The summed E-state index contributed by atoms with van der Waals surface area (Å²) < 4.78 is 16.2. The molecule has 0 saturated carbocycles. The molecule has 0 amide bonds. The number of methoxy groups -OCH3 is 3. The molecule has 1 fully saturated rings. The van der Waals surface area contributed by atoms with Gasteiger partial charge in [-0.2, -0.15) is 0 Å². The molecular formula is C17H27N3O3. The van der Waals surface area contributed by atoms with Crippen LogP contribution < -0.4 is 19.9 Å². The predicted octanol–water partition coefficient (Wildman–Crippen LogP) is 2.26. The number of benzene rings is 1. The molecule has 1 heterocycles. The van der Waals surface area contributed by atoms with E-state index >= 15 is 0 Å². The molecule has 1 saturated heterocycles. The van der Waals surface area contributed by atoms with Gasteiger partial charge in [0.15, 0.2) is 17.5 Å². The van der Waals surface area contributed by atoms with Crippen LogP contribution in [0.15, 0.2) is 17.1 Å². The van der Waals surface area contributed by atoms with Crippen LogP contribution in [0.4, 0.5) is 0 Å². The van der Waals surface area contributed by atoms with Gasteiger partial charge in [-0.25, -0.2) is 4.99 Å². The van der Waals surface area contributed by atoms with Gasteiger partial charge in [-0.1, -0.05) is 6.92 Å². The molecule has 0 aliphatic carbocycles. The summed E-state index contributed by atoms with van der Waals surface area (Å²) in [5.41, 5.74) is 7.07. The van der Waals surface area contributed by atoms with E-state index in [-0.39, 0.29) is 0 Å². The molecule has 1 unspecified atom stereocenters. The fourth-order valence-corrected chi connectivity index (χ4v) is 2.95. The molecular weight excluding hydrogens is 294 g/mol. The molecule has 0 aromatic heterocycles. The van der Waals surface area contributed by atoms with E-state index in [1.165, 1.54) is 6.42 Å². The average Bonchev–Trinajstić information content (AvgIpc) is 2.58. The largest absolute Gasteiger partial charge is 0.493 e. The fourth-order valence-electron chi connectivity index (χ4n) is 2.95. The van der Waals surface area contributed by atoms with E-state index in [1.54, 1.807) is 21.3 Å². The van der Waals surface area contributed by atoms with Gasteiger partial charge in [-0.05, 0) is 30.9 Å². The number of likely N-dealkylation sites (tertiary alicyclic amines) is 1. The fraction of sp³-hybridized carbons (Fsp3) is 0.588. The van der Waals surface area contributed by atoms with Crippen LogP contribution in [0, 0.1) is 5.92 Å². The molecule has 0 radical (unpaired) electrons. The highest BCUT2D eigenvalue weighted by Crippen LogP contribution is 2.39. The van der Waals surface area contributed by atoms with Gasteiger partial charge in [-0.15, -0.1) is 0 Å². The highest BCUT2D eigenvalue weighted by atomic mass is 16.5. The number of nitrogens with zero attached hydrogens (tertiary/aromatic N) is 2. The van der Waals surface area contributed by atoms with Crippen molar-refractivity contribution < 1.29 is 14.2 Å². The monoisotopic (exact) mass is 321 g/mol. The van der Waals surface area contributed by atoms with Crippen LogP contribution in [-0.4, -0.2) is 45.3 Å². The highest BCUT2D eigenvalue weighted by Gasteiger charge is 2.19. The molecule has 23 heavy (non-hydrogen) atoms. The molecule has 6 heteroatoms. The minimum atomic E-state index is 0.445. The Morgan fingerprint density at radius 2 is 1.96 bits per heavy atom. The Labute approximate surface area is 138 Å². The Bertz CT molecular complexity index is 560. The Morgan fingerprint density at radius 1 is 1.22 bits per heavy atom. The first-order chi connectivity index (χ1) is 11.1. The van der Waals surface area contributed by atoms with Crippen molar-refractivity contribution in [3.8, 4) is 17.2 Å². The van der Waals surface area contributed by atoms with Gasteiger partial charge in [0.2, 0.25) is 5.75 Å². The molecule has 6 nitrogen and oxygen atoms in total. The van der Waals surface area contributed by atoms with Crippen LogP contribution in [0.5, 0.6) is 17.2 Å². The second-order valence-corrected chi connectivity index (χ2v) is 5.86. The number of rotatable bonds is 5. The Balaban J connectivity index is 2.17. The van der Waals surface area contributed by atoms with Crippen molar-refractivity contribution in [2.75, 3.05) is 34.4 Å². The molecule has 1 aromatic carbocycles. The number of hydrogen-bond donors (Lipinski definition) is 1. The number of piperidine rings is 1. The summed E-state index contributed by atoms with van der Waals surface area (Å²) in [5, 5.41) is 0. The van der Waals surface area contributed by atoms with Crippen LogP contribution in [0.25, 0.3) is 0 Å². The smallest absolute Gasteiger partial charge is 0.203 e. The van der Waals surface area contributed by atoms with Gasteiger partial charge in [0.1, 0.15) is 0 Å². The lowest BCUT2D eigenvalue weighted by molar-refractivity contribution is 0.270. The summed E-state index contributed by atoms with van der Waals surface area (Å²) >= 11 is 0. The summed E-state index contributed by atoms with van der Waals surface area (Å²) in [4.78, 5) is 6.69. The van der Waals surface area contributed by atoms with E-state index in [9.17, 15) is 0 Å². The summed E-state index contributed by atoms with van der Waals surface area (Å²) in [5.74, 6) is 3.10. The first kappa shape index (κ1) is 17.2. The molecule has 1 aliphatic rings. The van der Waals surface area contributed by atoms with Crippen molar-refractivity contribution in [3.63, 3.8) is 0 Å². The zero-order valence-corrected chi connectivity index (χ0v) is 14.5. The third kappa shape index (κ3) is 4.00. The topological polar surface area (TPSA) is 69.3 Å². The van der Waals surface area contributed by atoms with Crippen molar-refractivity contribution in [1.29, 1.82) is 0 Å². The Kier molecular flexibility index (Phi) is 5.96. The second-order valence-electron chi connectivity index (χ2n) is 5.86. The van der Waals surface area contributed by atoms with E-state index in [1.807, 2.05) is 12.1 Å². The number of guanidine groups is 1. The van der Waals surface area contributed by atoms with Crippen molar-refractivity contribution in [2.24, 2.45) is 16.6 Å². The first-order valence-corrected chi connectivity index (χ1v) is 7.93. The van der Waals surface area contributed by atoms with Gasteiger partial charge in [0, 0.05) is 18.7 Å². The summed E-state index contributed by atoms with van der Waals surface area (Å²) in [6.07, 6.45) is 2.42. The summed E-state index contributed by atoms with van der Waals surface area (Å²) in [6.45, 7) is 4.64. The van der Waals surface area contributed by atoms with Crippen LogP contribution in [0.3, 0.4) is 0 Å². The summed E-state index contributed by atoms with van der Waals surface area (Å²) in [6, 6.07) is 3.78. The van der Waals surface area contributed by atoms with Crippen LogP contribution >= 0.6 is 0 Å². The molecule has 1 aliphatic heterocycles. The molecule has 2 N–H and O–H groups in total. The molecule has 128 valence electrons. The lowest BCUT2D eigenvalue weighted by Gasteiger charge is -2.31. The quantitative estimate of drug-likeness (QED) is 0.665. The molecule has 0 bridgehead atoms. The van der Waals surface area contributed by atoms with E-state index in [0.29, 0.717) is 35.7 Å². The third-order valence-electron chi connectivity index (χ3n) is 4.18. The predicted molar refractivity (Wildman–Crippen MR) is 91.4 cm³/mol. The number of ether oxygens (including phenoxy) is 3. The molecule has 1 atom stereocenters. The zero-order valence-electron chi connectivity index (χ0n) is 14.5. The maximum Gasteiger partial charge on any atom is 0.203 e. The molecule has 1 aromatic rings. The van der Waals surface area contributed by atoms with Crippen molar-refractivity contribution >= 4 is 5.96 Å². The summed E-state index contributed by atoms with van der Waals surface area (Å²) in [7, 11) is 4.81. The Morgan fingerprint density at radius 3 is 2.57 bits per heavy atom. The number of hydrogen-bond acceptors (Lipinski definition) is 4. The van der Waals surface area contributed by atoms with E-state index in [4.69, 9.17) is 19.9 Å². The normalized spacial score (nSPS) is 18.7. The van der Waals surface area contributed by atoms with Gasteiger partial charge < -0.3 is 24.8 Å². The zero-order chi connectivity index (χ0) is 16.8. The van der Waals surface area contributed by atoms with Gasteiger partial charge in [-0.3, -0.25) is 0 Å². The maximum atomic E-state index is 6.16. The van der Waals surface area contributed by atoms with E-state index in [0.717, 1.165) is 25.1 Å². The van der Waals surface area contributed by atoms with Crippen molar-refractivity contribution in [3.05, 3.63) is 17.7 Å². The SMILES string of the molecule is COc1ccc(CN=C(N)N2CCCC(C)C2)c(OC)c1OC. The van der Waals surface area contributed by atoms with Crippen LogP contribution in [0.1, 0.15) is 25.3 Å². The van der Waals surface area contributed by atoms with Gasteiger partial charge in [0.25, 0.3) is 0 Å². The van der Waals surface area contributed by atoms with Gasteiger partial charge in [0.05, 0.1) is 27.9 Å². The molecule has 2 rings (SSSR count). The maximum absolute atomic E-state index is 6.16. The number of nitrogens with two attached hydrogens (primary N) is 1. The second kappa shape index (κ2) is 7.94. The van der Waals surface area contributed by atoms with E-state index in [2.05, 4.69) is 16.8 Å². The first-order valence-electron chi connectivity index (χ1n) is 7.93. The lowest BCUT2D eigenvalue weighted by atomic mass is 10.0. The molecule has 0 spiro atoms. The lowest BCUT2D eigenvalue weighted by Crippen LogP contribution is -2.43. The van der Waals surface area contributed by atoms with Crippen LogP contribution in [0.2, 0.25) is 0 Å². The van der Waals surface area contributed by atoms with Gasteiger partial charge >= 0.3 is 0 Å². The van der Waals surface area contributed by atoms with Crippen molar-refractivity contribution in [1.82, 2.24) is 4.90 Å². The van der Waals surface area contributed by atoms with Crippen LogP contribution in [-0.2, 0) is 6.54 Å². The van der Waals surface area contributed by atoms with Crippen molar-refractivity contribution in [2.45, 2.75) is 26.3 Å². The van der Waals surface area contributed by atoms with E-state index < -0.39 is 0 Å². The standard InChI is InChI=1S/C17H27N3O3/c1-12-6-5-9-20(11-12)17(18)19-10-13-7-8-14(21-2)16(23-4)15(13)22-3/h7-8,12H,5-6,9-11H2,1-4H3,(H2,18,19). The number of aliphatic imine (C=N–C) groups is 1.